The van der Waals surface area contributed by atoms with Crippen molar-refractivity contribution in [1.82, 2.24) is 4.98 Å². The molecule has 1 heterocycles. The minimum absolute atomic E-state index is 1.08. The summed E-state index contributed by atoms with van der Waals surface area (Å²) >= 11 is 1.69. The molecule has 0 spiro atoms. The van der Waals surface area contributed by atoms with Crippen LogP contribution in [0.25, 0.3) is 5.57 Å². The van der Waals surface area contributed by atoms with E-state index in [0.29, 0.717) is 0 Å². The second-order valence-corrected chi connectivity index (χ2v) is 3.56. The van der Waals surface area contributed by atoms with Gasteiger partial charge in [-0.05, 0) is 26.3 Å². The van der Waals surface area contributed by atoms with Gasteiger partial charge >= 0.3 is 0 Å². The summed E-state index contributed by atoms with van der Waals surface area (Å²) in [5.41, 5.74) is 2.28. The highest BCUT2D eigenvalue weighted by molar-refractivity contribution is 7.09. The van der Waals surface area contributed by atoms with Crippen LogP contribution in [0.1, 0.15) is 24.5 Å². The molecule has 0 saturated heterocycles. The maximum absolute atomic E-state index is 4.40. The van der Waals surface area contributed by atoms with E-state index in [1.54, 1.807) is 11.3 Å². The van der Waals surface area contributed by atoms with Gasteiger partial charge in [-0.2, -0.15) is 0 Å². The maximum atomic E-state index is 4.40. The van der Waals surface area contributed by atoms with E-state index < -0.39 is 0 Å². The van der Waals surface area contributed by atoms with Gasteiger partial charge in [-0.25, -0.2) is 4.98 Å². The largest absolute Gasteiger partial charge is 0.242 e. The predicted molar refractivity (Wildman–Crippen MR) is 55.3 cm³/mol. The molecule has 0 bridgehead atoms. The topological polar surface area (TPSA) is 12.9 Å². The van der Waals surface area contributed by atoms with Crippen LogP contribution in [0.4, 0.5) is 0 Å². The molecule has 1 rings (SSSR count). The van der Waals surface area contributed by atoms with Gasteiger partial charge in [0.25, 0.3) is 0 Å². The molecule has 0 aliphatic heterocycles. The molecule has 0 aromatic carbocycles. The van der Waals surface area contributed by atoms with E-state index in [4.69, 9.17) is 0 Å². The molecule has 12 heavy (non-hydrogen) atoms. The van der Waals surface area contributed by atoms with E-state index in [1.807, 2.05) is 26.8 Å². The molecule has 0 saturated carbocycles. The Hall–Kier alpha value is -0.890. The van der Waals surface area contributed by atoms with Crippen molar-refractivity contribution in [1.29, 1.82) is 0 Å². The summed E-state index contributed by atoms with van der Waals surface area (Å²) in [7, 11) is 0. The lowest BCUT2D eigenvalue weighted by molar-refractivity contribution is 1.26. The fraction of sp³-hybridized carbons (Fsp3) is 0.300. The standard InChI is InChI=1S/C10H13NS/c1-4-6-9(5-2)10-7-12-8(3)11-10/h4-7H,1-3H3/b6-4-,9-5+. The summed E-state index contributed by atoms with van der Waals surface area (Å²) in [4.78, 5) is 4.40. The van der Waals surface area contributed by atoms with Gasteiger partial charge in [-0.3, -0.25) is 0 Å². The number of aromatic nitrogens is 1. The fourth-order valence-electron chi connectivity index (χ4n) is 1.01. The summed E-state index contributed by atoms with van der Waals surface area (Å²) < 4.78 is 0. The molecule has 0 unspecified atom stereocenters. The van der Waals surface area contributed by atoms with E-state index in [0.717, 1.165) is 10.7 Å². The fourth-order valence-corrected chi connectivity index (χ4v) is 1.63. The van der Waals surface area contributed by atoms with E-state index in [2.05, 4.69) is 22.5 Å². The van der Waals surface area contributed by atoms with Crippen molar-refractivity contribution in [3.05, 3.63) is 34.3 Å². The van der Waals surface area contributed by atoms with Crippen molar-refractivity contribution in [2.75, 3.05) is 0 Å². The van der Waals surface area contributed by atoms with Crippen LogP contribution in [0, 0.1) is 6.92 Å². The van der Waals surface area contributed by atoms with Crippen LogP contribution in [-0.4, -0.2) is 4.98 Å². The molecular weight excluding hydrogens is 166 g/mol. The lowest BCUT2D eigenvalue weighted by Crippen LogP contribution is -1.79. The third-order valence-corrected chi connectivity index (χ3v) is 2.35. The Morgan fingerprint density at radius 2 is 2.25 bits per heavy atom. The second-order valence-electron chi connectivity index (χ2n) is 2.50. The van der Waals surface area contributed by atoms with Gasteiger partial charge in [0.1, 0.15) is 0 Å². The van der Waals surface area contributed by atoms with Gasteiger partial charge < -0.3 is 0 Å². The molecule has 0 amide bonds. The third kappa shape index (κ3) is 2.05. The molecule has 2 heteroatoms. The highest BCUT2D eigenvalue weighted by Crippen LogP contribution is 2.18. The summed E-state index contributed by atoms with van der Waals surface area (Å²) in [5, 5.41) is 3.21. The Morgan fingerprint density at radius 3 is 2.67 bits per heavy atom. The Kier molecular flexibility index (Phi) is 3.23. The van der Waals surface area contributed by atoms with Crippen LogP contribution in [0.3, 0.4) is 0 Å². The van der Waals surface area contributed by atoms with Crippen LogP contribution in [0.2, 0.25) is 0 Å². The first kappa shape index (κ1) is 9.20. The summed E-state index contributed by atoms with van der Waals surface area (Å²) in [5.74, 6) is 0. The smallest absolute Gasteiger partial charge is 0.0901 e. The SMILES string of the molecule is C/C=C\C(=C/C)c1csc(C)n1. The van der Waals surface area contributed by atoms with E-state index in [1.165, 1.54) is 5.57 Å². The first-order valence-corrected chi connectivity index (χ1v) is 4.87. The number of hydrogen-bond acceptors (Lipinski definition) is 2. The molecule has 0 radical (unpaired) electrons. The van der Waals surface area contributed by atoms with Crippen LogP contribution in [-0.2, 0) is 0 Å². The zero-order valence-corrected chi connectivity index (χ0v) is 8.48. The number of rotatable bonds is 2. The average Bonchev–Trinajstić information content (AvgIpc) is 2.47. The van der Waals surface area contributed by atoms with Gasteiger partial charge in [0.05, 0.1) is 10.7 Å². The zero-order valence-electron chi connectivity index (χ0n) is 7.66. The Labute approximate surface area is 77.5 Å². The maximum Gasteiger partial charge on any atom is 0.0901 e. The molecule has 0 atom stereocenters. The molecule has 0 N–H and O–H groups in total. The highest BCUT2D eigenvalue weighted by atomic mass is 32.1. The quantitative estimate of drug-likeness (QED) is 0.634. The lowest BCUT2D eigenvalue weighted by atomic mass is 10.2. The Bertz CT molecular complexity index is 307. The van der Waals surface area contributed by atoms with Crippen LogP contribution in [0.15, 0.2) is 23.6 Å². The minimum atomic E-state index is 1.08. The van der Waals surface area contributed by atoms with Crippen molar-refractivity contribution < 1.29 is 0 Å². The number of allylic oxidation sites excluding steroid dienone is 4. The van der Waals surface area contributed by atoms with Gasteiger partial charge in [0, 0.05) is 5.38 Å². The van der Waals surface area contributed by atoms with Crippen LogP contribution < -0.4 is 0 Å². The Morgan fingerprint density at radius 1 is 1.50 bits per heavy atom. The number of hydrogen-bond donors (Lipinski definition) is 0. The average molecular weight is 179 g/mol. The van der Waals surface area contributed by atoms with Gasteiger partial charge in [0.15, 0.2) is 0 Å². The molecule has 64 valence electrons. The minimum Gasteiger partial charge on any atom is -0.242 e. The van der Waals surface area contributed by atoms with E-state index >= 15 is 0 Å². The number of thiazole rings is 1. The van der Waals surface area contributed by atoms with Crippen molar-refractivity contribution in [3.8, 4) is 0 Å². The first-order chi connectivity index (χ1) is 5.77. The third-order valence-electron chi connectivity index (χ3n) is 1.57. The van der Waals surface area contributed by atoms with Crippen molar-refractivity contribution >= 4 is 16.9 Å². The van der Waals surface area contributed by atoms with Crippen molar-refractivity contribution in [3.63, 3.8) is 0 Å². The molecule has 1 aromatic rings. The van der Waals surface area contributed by atoms with Gasteiger partial charge in [-0.1, -0.05) is 18.2 Å². The normalized spacial score (nSPS) is 12.8. The number of aryl methyl sites for hydroxylation is 1. The molecule has 1 nitrogen and oxygen atoms in total. The molecule has 0 fully saturated rings. The summed E-state index contributed by atoms with van der Waals surface area (Å²) in [6.07, 6.45) is 6.19. The van der Waals surface area contributed by atoms with Gasteiger partial charge in [-0.15, -0.1) is 11.3 Å². The zero-order chi connectivity index (χ0) is 8.97. The predicted octanol–water partition coefficient (Wildman–Crippen LogP) is 3.43. The van der Waals surface area contributed by atoms with Crippen molar-refractivity contribution in [2.45, 2.75) is 20.8 Å². The van der Waals surface area contributed by atoms with E-state index in [-0.39, 0.29) is 0 Å². The lowest BCUT2D eigenvalue weighted by Gasteiger charge is -1.93. The van der Waals surface area contributed by atoms with E-state index in [9.17, 15) is 0 Å². The molecule has 0 aliphatic rings. The number of nitrogens with zero attached hydrogens (tertiary/aromatic N) is 1. The van der Waals surface area contributed by atoms with Gasteiger partial charge in [0.2, 0.25) is 0 Å². The monoisotopic (exact) mass is 179 g/mol. The van der Waals surface area contributed by atoms with Crippen molar-refractivity contribution in [2.24, 2.45) is 0 Å². The highest BCUT2D eigenvalue weighted by Gasteiger charge is 1.99. The Balaban J connectivity index is 2.96. The van der Waals surface area contributed by atoms with Crippen LogP contribution in [0.5, 0.6) is 0 Å². The summed E-state index contributed by atoms with van der Waals surface area (Å²) in [6, 6.07) is 0. The molecule has 1 aromatic heterocycles. The van der Waals surface area contributed by atoms with Crippen LogP contribution >= 0.6 is 11.3 Å². The molecule has 0 aliphatic carbocycles. The first-order valence-electron chi connectivity index (χ1n) is 3.99. The molecular formula is C10H13NS. The summed E-state index contributed by atoms with van der Waals surface area (Å²) in [6.45, 7) is 6.07. The second kappa shape index (κ2) is 4.21.